The van der Waals surface area contributed by atoms with Crippen molar-refractivity contribution in [3.05, 3.63) is 0 Å². The minimum absolute atomic E-state index is 0.0202. The summed E-state index contributed by atoms with van der Waals surface area (Å²) in [6.45, 7) is 2.43. The Morgan fingerprint density at radius 1 is 1.32 bits per heavy atom. The van der Waals surface area contributed by atoms with E-state index in [1.54, 1.807) is 12.0 Å². The molecule has 2 atom stereocenters. The monoisotopic (exact) mass is 270 g/mol. The molecule has 19 heavy (non-hydrogen) atoms. The number of carboxylic acids is 1. The molecule has 6 heteroatoms. The first-order valence-electron chi connectivity index (χ1n) is 6.84. The number of carbonyl (C=O) groups excluding carboxylic acids is 1. The number of hydrogen-bond donors (Lipinski definition) is 2. The van der Waals surface area contributed by atoms with Crippen LogP contribution in [0.3, 0.4) is 0 Å². The number of aliphatic carboxylic acids is 1. The van der Waals surface area contributed by atoms with Gasteiger partial charge < -0.3 is 20.1 Å². The van der Waals surface area contributed by atoms with Crippen LogP contribution in [-0.4, -0.2) is 53.8 Å². The molecular weight excluding hydrogens is 248 g/mol. The standard InChI is InChI=1S/C13H22N2O4/c1-8-5-9(12(16)17)3-4-15(8)13(18)14-10-6-11(7-10)19-2/h8-11H,3-7H2,1-2H3,(H,14,18)(H,16,17). The van der Waals surface area contributed by atoms with Crippen LogP contribution in [-0.2, 0) is 9.53 Å². The molecule has 1 saturated carbocycles. The number of hydrogen-bond acceptors (Lipinski definition) is 3. The molecule has 1 aliphatic heterocycles. The quantitative estimate of drug-likeness (QED) is 0.803. The average molecular weight is 270 g/mol. The largest absolute Gasteiger partial charge is 0.481 e. The Bertz CT molecular complexity index is 355. The zero-order valence-corrected chi connectivity index (χ0v) is 11.5. The van der Waals surface area contributed by atoms with E-state index in [1.807, 2.05) is 6.92 Å². The third-order valence-corrected chi connectivity index (χ3v) is 4.24. The molecule has 2 fully saturated rings. The molecule has 6 nitrogen and oxygen atoms in total. The highest BCUT2D eigenvalue weighted by Gasteiger charge is 2.35. The fourth-order valence-corrected chi connectivity index (χ4v) is 2.83. The maximum atomic E-state index is 12.1. The molecule has 1 saturated heterocycles. The van der Waals surface area contributed by atoms with Gasteiger partial charge in [0.1, 0.15) is 0 Å². The molecule has 0 aromatic heterocycles. The molecule has 2 aliphatic rings. The van der Waals surface area contributed by atoms with E-state index in [1.165, 1.54) is 0 Å². The van der Waals surface area contributed by atoms with Gasteiger partial charge in [-0.25, -0.2) is 4.79 Å². The lowest BCUT2D eigenvalue weighted by molar-refractivity contribution is -0.143. The number of ether oxygens (including phenoxy) is 1. The number of piperidine rings is 1. The first-order valence-corrected chi connectivity index (χ1v) is 6.84. The molecule has 2 unspecified atom stereocenters. The van der Waals surface area contributed by atoms with E-state index < -0.39 is 5.97 Å². The van der Waals surface area contributed by atoms with Gasteiger partial charge in [-0.1, -0.05) is 0 Å². The van der Waals surface area contributed by atoms with Crippen LogP contribution in [0.25, 0.3) is 0 Å². The van der Waals surface area contributed by atoms with Crippen molar-refractivity contribution < 1.29 is 19.4 Å². The zero-order chi connectivity index (χ0) is 14.0. The van der Waals surface area contributed by atoms with Crippen LogP contribution >= 0.6 is 0 Å². The maximum Gasteiger partial charge on any atom is 0.317 e. The van der Waals surface area contributed by atoms with Crippen LogP contribution in [0, 0.1) is 5.92 Å². The SMILES string of the molecule is COC1CC(NC(=O)N2CCC(C(=O)O)CC2C)C1. The van der Waals surface area contributed by atoms with E-state index in [2.05, 4.69) is 5.32 Å². The number of rotatable bonds is 3. The maximum absolute atomic E-state index is 12.1. The third-order valence-electron chi connectivity index (χ3n) is 4.24. The number of amides is 2. The van der Waals surface area contributed by atoms with Crippen molar-refractivity contribution in [1.82, 2.24) is 10.2 Å². The van der Waals surface area contributed by atoms with Gasteiger partial charge in [-0.05, 0) is 32.6 Å². The van der Waals surface area contributed by atoms with Gasteiger partial charge in [0.25, 0.3) is 0 Å². The topological polar surface area (TPSA) is 78.9 Å². The van der Waals surface area contributed by atoms with Gasteiger partial charge in [-0.3, -0.25) is 4.79 Å². The smallest absolute Gasteiger partial charge is 0.317 e. The summed E-state index contributed by atoms with van der Waals surface area (Å²) in [4.78, 5) is 24.8. The average Bonchev–Trinajstić information content (AvgIpc) is 2.32. The van der Waals surface area contributed by atoms with E-state index in [4.69, 9.17) is 9.84 Å². The Morgan fingerprint density at radius 2 is 2.00 bits per heavy atom. The molecule has 0 bridgehead atoms. The van der Waals surface area contributed by atoms with Crippen LogP contribution in [0.15, 0.2) is 0 Å². The molecule has 0 aromatic carbocycles. The van der Waals surface area contributed by atoms with E-state index in [-0.39, 0.29) is 30.1 Å². The molecule has 0 radical (unpaired) electrons. The molecule has 1 aliphatic carbocycles. The number of likely N-dealkylation sites (tertiary alicyclic amines) is 1. The van der Waals surface area contributed by atoms with Crippen LogP contribution in [0.1, 0.15) is 32.6 Å². The Balaban J connectivity index is 1.79. The number of carbonyl (C=O) groups is 2. The lowest BCUT2D eigenvalue weighted by atomic mass is 9.89. The Morgan fingerprint density at radius 3 is 2.53 bits per heavy atom. The van der Waals surface area contributed by atoms with Crippen LogP contribution < -0.4 is 5.32 Å². The summed E-state index contributed by atoms with van der Waals surface area (Å²) in [6.07, 6.45) is 3.07. The van der Waals surface area contributed by atoms with Gasteiger partial charge in [0.2, 0.25) is 0 Å². The summed E-state index contributed by atoms with van der Waals surface area (Å²) >= 11 is 0. The summed E-state index contributed by atoms with van der Waals surface area (Å²) in [6, 6.07) is 0.103. The highest BCUT2D eigenvalue weighted by molar-refractivity contribution is 5.76. The number of carboxylic acid groups (broad SMARTS) is 1. The van der Waals surface area contributed by atoms with Gasteiger partial charge in [0.05, 0.1) is 12.0 Å². The van der Waals surface area contributed by atoms with Crippen molar-refractivity contribution in [2.75, 3.05) is 13.7 Å². The van der Waals surface area contributed by atoms with Crippen molar-refractivity contribution in [3.8, 4) is 0 Å². The molecule has 0 spiro atoms. The van der Waals surface area contributed by atoms with E-state index in [9.17, 15) is 9.59 Å². The molecule has 2 amide bonds. The van der Waals surface area contributed by atoms with Gasteiger partial charge >= 0.3 is 12.0 Å². The number of urea groups is 1. The summed E-state index contributed by atoms with van der Waals surface area (Å²) in [5.41, 5.74) is 0. The lowest BCUT2D eigenvalue weighted by Crippen LogP contribution is -2.55. The van der Waals surface area contributed by atoms with Crippen LogP contribution in [0.2, 0.25) is 0 Å². The van der Waals surface area contributed by atoms with Crippen LogP contribution in [0.4, 0.5) is 4.79 Å². The molecular formula is C13H22N2O4. The molecule has 2 N–H and O–H groups in total. The van der Waals surface area contributed by atoms with Gasteiger partial charge in [0, 0.05) is 25.7 Å². The minimum Gasteiger partial charge on any atom is -0.481 e. The number of nitrogens with one attached hydrogen (secondary N) is 1. The Labute approximate surface area is 113 Å². The Hall–Kier alpha value is -1.30. The molecule has 108 valence electrons. The molecule has 2 rings (SSSR count). The van der Waals surface area contributed by atoms with Gasteiger partial charge in [0.15, 0.2) is 0 Å². The summed E-state index contributed by atoms with van der Waals surface area (Å²) < 4.78 is 5.17. The molecule has 1 heterocycles. The van der Waals surface area contributed by atoms with Crippen molar-refractivity contribution in [1.29, 1.82) is 0 Å². The first kappa shape index (κ1) is 14.1. The van der Waals surface area contributed by atoms with Gasteiger partial charge in [-0.15, -0.1) is 0 Å². The fourth-order valence-electron chi connectivity index (χ4n) is 2.83. The van der Waals surface area contributed by atoms with Gasteiger partial charge in [-0.2, -0.15) is 0 Å². The van der Waals surface area contributed by atoms with Crippen molar-refractivity contribution >= 4 is 12.0 Å². The lowest BCUT2D eigenvalue weighted by Gasteiger charge is -2.40. The van der Waals surface area contributed by atoms with E-state index >= 15 is 0 Å². The van der Waals surface area contributed by atoms with Crippen LogP contribution in [0.5, 0.6) is 0 Å². The second-order valence-corrected chi connectivity index (χ2v) is 5.58. The Kier molecular flexibility index (Phi) is 4.29. The zero-order valence-electron chi connectivity index (χ0n) is 11.5. The second kappa shape index (κ2) is 5.77. The fraction of sp³-hybridized carbons (Fsp3) is 0.846. The van der Waals surface area contributed by atoms with Crippen molar-refractivity contribution in [2.45, 2.75) is 50.8 Å². The van der Waals surface area contributed by atoms with Crippen molar-refractivity contribution in [2.24, 2.45) is 5.92 Å². The van der Waals surface area contributed by atoms with E-state index in [0.717, 1.165) is 12.8 Å². The predicted octanol–water partition coefficient (Wildman–Crippen LogP) is 1.06. The molecule has 0 aromatic rings. The number of nitrogens with zero attached hydrogens (tertiary/aromatic N) is 1. The number of methoxy groups -OCH3 is 1. The summed E-state index contributed by atoms with van der Waals surface area (Å²) in [5.74, 6) is -1.07. The first-order chi connectivity index (χ1) is 9.01. The van der Waals surface area contributed by atoms with Crippen molar-refractivity contribution in [3.63, 3.8) is 0 Å². The highest BCUT2D eigenvalue weighted by Crippen LogP contribution is 2.25. The second-order valence-electron chi connectivity index (χ2n) is 5.58. The highest BCUT2D eigenvalue weighted by atomic mass is 16.5. The summed E-state index contributed by atoms with van der Waals surface area (Å²) in [7, 11) is 1.68. The predicted molar refractivity (Wildman–Crippen MR) is 68.9 cm³/mol. The normalized spacial score (nSPS) is 34.5. The summed E-state index contributed by atoms with van der Waals surface area (Å²) in [5, 5.41) is 12.0. The van der Waals surface area contributed by atoms with E-state index in [0.29, 0.717) is 19.4 Å². The third kappa shape index (κ3) is 3.18. The minimum atomic E-state index is -0.756.